The van der Waals surface area contributed by atoms with Gasteiger partial charge in [0.1, 0.15) is 28.7 Å². The number of aromatic nitrogens is 1. The molecule has 49 heavy (non-hydrogen) atoms. The highest BCUT2D eigenvalue weighted by Gasteiger charge is 2.27. The molecule has 0 aliphatic heterocycles. The Morgan fingerprint density at radius 3 is 2.02 bits per heavy atom. The molecule has 0 aliphatic rings. The molecule has 0 amide bonds. The molecule has 1 heterocycles. The molecule has 6 aromatic rings. The summed E-state index contributed by atoms with van der Waals surface area (Å²) in [7, 11) is 1.34. The van der Waals surface area contributed by atoms with Gasteiger partial charge in [0.15, 0.2) is 0 Å². The Balaban J connectivity index is 1.20. The number of nitrogens with two attached hydrogens (primary N) is 1. The van der Waals surface area contributed by atoms with Crippen molar-refractivity contribution in [2.24, 2.45) is 0 Å². The number of methoxy groups -OCH3 is 1. The molecule has 0 saturated heterocycles. The number of nitrogen functional groups attached to an aromatic ring is 1. The van der Waals surface area contributed by atoms with Crippen LogP contribution in [0.1, 0.15) is 59.4 Å². The van der Waals surface area contributed by atoms with E-state index in [1.54, 1.807) is 30.5 Å². The van der Waals surface area contributed by atoms with E-state index in [2.05, 4.69) is 37.9 Å². The van der Waals surface area contributed by atoms with Crippen LogP contribution in [-0.4, -0.2) is 23.8 Å². The van der Waals surface area contributed by atoms with Crippen LogP contribution in [0.25, 0.3) is 10.8 Å². The van der Waals surface area contributed by atoms with Gasteiger partial charge < -0.3 is 19.9 Å². The Labute approximate surface area is 286 Å². The zero-order chi connectivity index (χ0) is 34.5. The minimum absolute atomic E-state index is 0.0590. The number of nitrogens with zero attached hydrogens (tertiary/aromatic N) is 1. The fourth-order valence-electron chi connectivity index (χ4n) is 5.71. The number of anilines is 1. The fourth-order valence-corrected chi connectivity index (χ4v) is 5.71. The third kappa shape index (κ3) is 7.63. The zero-order valence-electron chi connectivity index (χ0n) is 28.0. The van der Waals surface area contributed by atoms with E-state index in [-0.39, 0.29) is 28.1 Å². The number of carbonyl (C=O) groups excluding carboxylic acids is 2. The van der Waals surface area contributed by atoms with E-state index in [4.69, 9.17) is 19.9 Å². The minimum Gasteiger partial charge on any atom is -0.469 e. The third-order valence-electron chi connectivity index (χ3n) is 8.47. The predicted octanol–water partition coefficient (Wildman–Crippen LogP) is 9.43. The lowest BCUT2D eigenvalue weighted by Crippen LogP contribution is -2.20. The first-order chi connectivity index (χ1) is 23.6. The van der Waals surface area contributed by atoms with Crippen LogP contribution >= 0.6 is 0 Å². The second kappa shape index (κ2) is 14.0. The van der Waals surface area contributed by atoms with Crippen LogP contribution in [0, 0.1) is 0 Å². The standard InChI is InChI=1S/C42H38N2O5/c1-42(2,3)30-16-21-33(22-17-30)49-34-20-15-28-25-38(44-26-29(28)24-34)40(45)36-12-8-11-35(39(36)43)37(41(46)47-4)23-27-13-18-32(19-14-27)48-31-9-6-5-7-10-31/h5-22,24-26,37H,23,43H2,1-4H3/t37-/m0/s1. The van der Waals surface area contributed by atoms with Crippen molar-refractivity contribution >= 4 is 28.2 Å². The lowest BCUT2D eigenvalue weighted by atomic mass is 9.87. The van der Waals surface area contributed by atoms with E-state index in [0.717, 1.165) is 27.8 Å². The molecule has 0 radical (unpaired) electrons. The van der Waals surface area contributed by atoms with Crippen LogP contribution in [0.5, 0.6) is 23.0 Å². The van der Waals surface area contributed by atoms with Gasteiger partial charge in [-0.05, 0) is 94.6 Å². The van der Waals surface area contributed by atoms with E-state index in [1.807, 2.05) is 84.9 Å². The predicted molar refractivity (Wildman–Crippen MR) is 193 cm³/mol. The Morgan fingerprint density at radius 1 is 0.714 bits per heavy atom. The lowest BCUT2D eigenvalue weighted by molar-refractivity contribution is -0.142. The van der Waals surface area contributed by atoms with Gasteiger partial charge in [0.2, 0.25) is 5.78 Å². The molecule has 1 atom stereocenters. The van der Waals surface area contributed by atoms with E-state index in [9.17, 15) is 9.59 Å². The van der Waals surface area contributed by atoms with Crippen LogP contribution in [0.3, 0.4) is 0 Å². The first-order valence-electron chi connectivity index (χ1n) is 16.1. The SMILES string of the molecule is COC(=O)[C@@H](Cc1ccc(Oc2ccccc2)cc1)c1cccc(C(=O)c2cc3ccc(Oc4ccc(C(C)(C)C)cc4)cc3cn2)c1N. The van der Waals surface area contributed by atoms with Crippen molar-refractivity contribution in [3.05, 3.63) is 155 Å². The number of esters is 1. The maximum Gasteiger partial charge on any atom is 0.313 e. The van der Waals surface area contributed by atoms with Crippen molar-refractivity contribution in [2.75, 3.05) is 12.8 Å². The fraction of sp³-hybridized carbons (Fsp3) is 0.167. The lowest BCUT2D eigenvalue weighted by Gasteiger charge is -2.19. The molecule has 7 heteroatoms. The molecule has 0 unspecified atom stereocenters. The van der Waals surface area contributed by atoms with Gasteiger partial charge in [-0.15, -0.1) is 0 Å². The molecule has 0 spiro atoms. The number of hydrogen-bond donors (Lipinski definition) is 1. The van der Waals surface area contributed by atoms with E-state index >= 15 is 0 Å². The number of para-hydroxylation sites is 2. The Bertz CT molecular complexity index is 2100. The average Bonchev–Trinajstić information content (AvgIpc) is 3.11. The summed E-state index contributed by atoms with van der Waals surface area (Å²) in [5, 5.41) is 1.66. The number of pyridine rings is 1. The molecule has 6 rings (SSSR count). The summed E-state index contributed by atoms with van der Waals surface area (Å²) in [5.41, 5.74) is 10.0. The molecule has 246 valence electrons. The third-order valence-corrected chi connectivity index (χ3v) is 8.47. The quantitative estimate of drug-likeness (QED) is 0.0895. The summed E-state index contributed by atoms with van der Waals surface area (Å²) < 4.78 is 17.2. The molecule has 5 aromatic carbocycles. The normalized spacial score (nSPS) is 11.9. The average molecular weight is 651 g/mol. The van der Waals surface area contributed by atoms with Crippen molar-refractivity contribution < 1.29 is 23.8 Å². The first kappa shape index (κ1) is 33.0. The molecule has 0 bridgehead atoms. The minimum atomic E-state index is -0.730. The molecule has 0 aliphatic carbocycles. The van der Waals surface area contributed by atoms with Crippen molar-refractivity contribution in [1.82, 2.24) is 4.98 Å². The largest absolute Gasteiger partial charge is 0.469 e. The van der Waals surface area contributed by atoms with Crippen molar-refractivity contribution in [3.63, 3.8) is 0 Å². The summed E-state index contributed by atoms with van der Waals surface area (Å²) in [4.78, 5) is 31.3. The van der Waals surface area contributed by atoms with Crippen LogP contribution < -0.4 is 15.2 Å². The molecule has 0 saturated carbocycles. The number of fused-ring (bicyclic) bond motifs is 1. The first-order valence-corrected chi connectivity index (χ1v) is 16.1. The second-order valence-corrected chi connectivity index (χ2v) is 12.9. The number of ether oxygens (including phenoxy) is 3. The van der Waals surface area contributed by atoms with Gasteiger partial charge in [0, 0.05) is 22.8 Å². The summed E-state index contributed by atoms with van der Waals surface area (Å²) in [5.74, 6) is 1.29. The van der Waals surface area contributed by atoms with Gasteiger partial charge in [0.05, 0.1) is 13.0 Å². The van der Waals surface area contributed by atoms with Crippen LogP contribution in [0.15, 0.2) is 128 Å². The maximum atomic E-state index is 13.8. The monoisotopic (exact) mass is 650 g/mol. The molecular weight excluding hydrogens is 612 g/mol. The molecule has 7 nitrogen and oxygen atoms in total. The van der Waals surface area contributed by atoms with Crippen molar-refractivity contribution in [1.29, 1.82) is 0 Å². The summed E-state index contributed by atoms with van der Waals surface area (Å²) >= 11 is 0. The van der Waals surface area contributed by atoms with Crippen molar-refractivity contribution in [3.8, 4) is 23.0 Å². The highest BCUT2D eigenvalue weighted by molar-refractivity contribution is 6.12. The van der Waals surface area contributed by atoms with Gasteiger partial charge in [-0.25, -0.2) is 0 Å². The number of carbonyl (C=O) groups is 2. The summed E-state index contributed by atoms with van der Waals surface area (Å²) in [6, 6.07) is 37.6. The van der Waals surface area contributed by atoms with Gasteiger partial charge in [-0.2, -0.15) is 0 Å². The number of benzene rings is 5. The molecular formula is C42H38N2O5. The van der Waals surface area contributed by atoms with Gasteiger partial charge in [0.25, 0.3) is 0 Å². The van der Waals surface area contributed by atoms with Gasteiger partial charge in [-0.1, -0.05) is 81.4 Å². The molecule has 2 N–H and O–H groups in total. The molecule has 0 fully saturated rings. The Kier molecular flexibility index (Phi) is 9.44. The van der Waals surface area contributed by atoms with Gasteiger partial charge in [-0.3, -0.25) is 14.6 Å². The van der Waals surface area contributed by atoms with E-state index < -0.39 is 11.9 Å². The zero-order valence-corrected chi connectivity index (χ0v) is 28.0. The second-order valence-electron chi connectivity index (χ2n) is 12.9. The number of ketones is 1. The van der Waals surface area contributed by atoms with Crippen molar-refractivity contribution in [2.45, 2.75) is 38.5 Å². The van der Waals surface area contributed by atoms with Crippen LogP contribution in [0.4, 0.5) is 5.69 Å². The topological polar surface area (TPSA) is 101 Å². The van der Waals surface area contributed by atoms with Gasteiger partial charge >= 0.3 is 5.97 Å². The smallest absolute Gasteiger partial charge is 0.313 e. The van der Waals surface area contributed by atoms with Crippen LogP contribution in [0.2, 0.25) is 0 Å². The highest BCUT2D eigenvalue weighted by Crippen LogP contribution is 2.33. The number of rotatable bonds is 10. The Morgan fingerprint density at radius 2 is 1.35 bits per heavy atom. The van der Waals surface area contributed by atoms with E-state index in [1.165, 1.54) is 12.7 Å². The summed E-state index contributed by atoms with van der Waals surface area (Å²) in [6.45, 7) is 6.52. The van der Waals surface area contributed by atoms with Crippen LogP contribution in [-0.2, 0) is 21.4 Å². The summed E-state index contributed by atoms with van der Waals surface area (Å²) in [6.07, 6.45) is 1.97. The van der Waals surface area contributed by atoms with E-state index in [0.29, 0.717) is 23.5 Å². The number of hydrogen-bond acceptors (Lipinski definition) is 7. The molecule has 1 aromatic heterocycles. The Hall–Kier alpha value is -5.95. The maximum absolute atomic E-state index is 13.8. The highest BCUT2D eigenvalue weighted by atomic mass is 16.5.